The van der Waals surface area contributed by atoms with Crippen molar-refractivity contribution in [3.8, 4) is 11.5 Å². The fourth-order valence-electron chi connectivity index (χ4n) is 3.39. The lowest BCUT2D eigenvalue weighted by Gasteiger charge is -2.12. The maximum Gasteiger partial charge on any atom is 0.326 e. The molecule has 1 saturated carbocycles. The van der Waals surface area contributed by atoms with Crippen LogP contribution < -0.4 is 30.7 Å². The molecule has 1 saturated heterocycles. The van der Waals surface area contributed by atoms with Gasteiger partial charge in [-0.15, -0.1) is 0 Å². The van der Waals surface area contributed by atoms with Crippen molar-refractivity contribution in [2.24, 2.45) is 0 Å². The van der Waals surface area contributed by atoms with E-state index in [4.69, 9.17) is 9.47 Å². The van der Waals surface area contributed by atoms with Crippen LogP contribution in [0.5, 0.6) is 11.5 Å². The first-order valence-corrected chi connectivity index (χ1v) is 10.3. The van der Waals surface area contributed by atoms with Gasteiger partial charge in [-0.1, -0.05) is 6.07 Å². The normalized spacial score (nSPS) is 16.6. The Morgan fingerprint density at radius 2 is 1.97 bits per heavy atom. The molecule has 12 nitrogen and oxygen atoms in total. The zero-order valence-electron chi connectivity index (χ0n) is 18.0. The minimum absolute atomic E-state index is 0.130. The Labute approximate surface area is 188 Å². The largest absolute Gasteiger partial charge is 0.493 e. The van der Waals surface area contributed by atoms with Crippen molar-refractivity contribution >= 4 is 35.6 Å². The molecule has 5 rings (SSSR count). The van der Waals surface area contributed by atoms with Gasteiger partial charge in [-0.25, -0.2) is 4.79 Å². The second-order valence-corrected chi connectivity index (χ2v) is 7.63. The SMILES string of the molecule is COc1ccc(CNc2nc(NC3CC3)n3ncc(/C=C4\NC(=O)NC4=O)c3n2)cc1OC. The summed E-state index contributed by atoms with van der Waals surface area (Å²) >= 11 is 0. The summed E-state index contributed by atoms with van der Waals surface area (Å²) < 4.78 is 12.2. The number of carbonyl (C=O) groups is 2. The van der Waals surface area contributed by atoms with Gasteiger partial charge in [-0.2, -0.15) is 19.6 Å². The maximum atomic E-state index is 11.9. The predicted octanol–water partition coefficient (Wildman–Crippen LogP) is 1.51. The summed E-state index contributed by atoms with van der Waals surface area (Å²) in [5.74, 6) is 1.71. The monoisotopic (exact) mass is 450 g/mol. The van der Waals surface area contributed by atoms with Gasteiger partial charge in [0, 0.05) is 18.2 Å². The predicted molar refractivity (Wildman–Crippen MR) is 119 cm³/mol. The highest BCUT2D eigenvalue weighted by Gasteiger charge is 2.26. The topological polar surface area (TPSA) is 144 Å². The third-order valence-corrected chi connectivity index (χ3v) is 5.22. The van der Waals surface area contributed by atoms with E-state index in [9.17, 15) is 9.59 Å². The number of urea groups is 1. The van der Waals surface area contributed by atoms with E-state index in [0.29, 0.717) is 47.2 Å². The summed E-state index contributed by atoms with van der Waals surface area (Å²) in [7, 11) is 3.18. The molecule has 0 atom stereocenters. The molecule has 2 fully saturated rings. The number of rotatable bonds is 8. The molecule has 4 N–H and O–H groups in total. The number of hydrogen-bond acceptors (Lipinski definition) is 9. The zero-order chi connectivity index (χ0) is 22.9. The molecule has 0 unspecified atom stereocenters. The number of methoxy groups -OCH3 is 2. The standard InChI is InChI=1S/C21H22N8O4/c1-32-15-6-3-11(7-16(15)33-2)9-22-19-26-17-12(8-14-18(30)27-21(31)25-14)10-23-29(17)20(28-19)24-13-4-5-13/h3,6-8,10,13H,4-5,9H2,1-2H3,(H2,22,24,26,28)(H2,25,27,30,31)/b14-8-. The molecule has 12 heteroatoms. The third-order valence-electron chi connectivity index (χ3n) is 5.22. The van der Waals surface area contributed by atoms with Crippen molar-refractivity contribution in [3.63, 3.8) is 0 Å². The first kappa shape index (κ1) is 20.5. The fourth-order valence-corrected chi connectivity index (χ4v) is 3.39. The molecule has 0 radical (unpaired) electrons. The third kappa shape index (κ3) is 4.22. The van der Waals surface area contributed by atoms with Gasteiger partial charge in [0.05, 0.1) is 20.4 Å². The molecule has 0 spiro atoms. The first-order valence-electron chi connectivity index (χ1n) is 10.3. The van der Waals surface area contributed by atoms with Crippen LogP contribution in [0.2, 0.25) is 0 Å². The van der Waals surface area contributed by atoms with Gasteiger partial charge in [0.2, 0.25) is 11.9 Å². The van der Waals surface area contributed by atoms with E-state index in [1.165, 1.54) is 6.08 Å². The number of aromatic nitrogens is 4. The number of hydrogen-bond donors (Lipinski definition) is 4. The summed E-state index contributed by atoms with van der Waals surface area (Å²) in [5, 5.41) is 15.6. The van der Waals surface area contributed by atoms with Crippen molar-refractivity contribution in [1.29, 1.82) is 0 Å². The quantitative estimate of drug-likeness (QED) is 0.296. The maximum absolute atomic E-state index is 11.9. The Balaban J connectivity index is 1.46. The minimum Gasteiger partial charge on any atom is -0.493 e. The molecule has 1 aromatic carbocycles. The Kier molecular flexibility index (Phi) is 5.17. The van der Waals surface area contributed by atoms with E-state index >= 15 is 0 Å². The highest BCUT2D eigenvalue weighted by Crippen LogP contribution is 2.28. The number of fused-ring (bicyclic) bond motifs is 1. The van der Waals surface area contributed by atoms with Gasteiger partial charge in [0.15, 0.2) is 17.1 Å². The number of nitrogens with zero attached hydrogens (tertiary/aromatic N) is 4. The van der Waals surface area contributed by atoms with Crippen LogP contribution in [0.25, 0.3) is 11.7 Å². The van der Waals surface area contributed by atoms with Gasteiger partial charge in [-0.05, 0) is 36.6 Å². The number of carbonyl (C=O) groups excluding carboxylic acids is 2. The number of anilines is 2. The first-order chi connectivity index (χ1) is 16.0. The van der Waals surface area contributed by atoms with Gasteiger partial charge in [-0.3, -0.25) is 10.1 Å². The van der Waals surface area contributed by atoms with Gasteiger partial charge >= 0.3 is 6.03 Å². The van der Waals surface area contributed by atoms with Crippen LogP contribution in [-0.2, 0) is 11.3 Å². The van der Waals surface area contributed by atoms with Crippen LogP contribution >= 0.6 is 0 Å². The van der Waals surface area contributed by atoms with E-state index in [2.05, 4.69) is 36.3 Å². The van der Waals surface area contributed by atoms with Crippen LogP contribution in [0.15, 0.2) is 30.1 Å². The van der Waals surface area contributed by atoms with Crippen LogP contribution in [0.3, 0.4) is 0 Å². The van der Waals surface area contributed by atoms with Crippen molar-refractivity contribution in [2.45, 2.75) is 25.4 Å². The van der Waals surface area contributed by atoms with E-state index in [0.717, 1.165) is 18.4 Å². The molecular formula is C21H22N8O4. The van der Waals surface area contributed by atoms with Crippen molar-refractivity contribution in [1.82, 2.24) is 30.2 Å². The summed E-state index contributed by atoms with van der Waals surface area (Å²) in [6.45, 7) is 0.447. The van der Waals surface area contributed by atoms with Crippen molar-refractivity contribution < 1.29 is 19.1 Å². The van der Waals surface area contributed by atoms with E-state index in [1.807, 2.05) is 18.2 Å². The minimum atomic E-state index is -0.564. The fraction of sp³-hybridized carbons (Fsp3) is 0.286. The van der Waals surface area contributed by atoms with Crippen LogP contribution in [0.4, 0.5) is 16.7 Å². The second kappa shape index (κ2) is 8.30. The van der Waals surface area contributed by atoms with Crippen LogP contribution in [0.1, 0.15) is 24.0 Å². The average Bonchev–Trinajstić information content (AvgIpc) is 3.45. The Morgan fingerprint density at radius 1 is 1.15 bits per heavy atom. The van der Waals surface area contributed by atoms with Gasteiger partial charge in [0.25, 0.3) is 5.91 Å². The molecule has 2 aliphatic rings. The number of imide groups is 1. The van der Waals surface area contributed by atoms with E-state index < -0.39 is 11.9 Å². The molecule has 170 valence electrons. The highest BCUT2D eigenvalue weighted by molar-refractivity contribution is 6.14. The summed E-state index contributed by atoms with van der Waals surface area (Å²) in [5.41, 5.74) is 2.14. The lowest BCUT2D eigenvalue weighted by atomic mass is 10.2. The Bertz CT molecular complexity index is 1280. The van der Waals surface area contributed by atoms with Gasteiger partial charge < -0.3 is 25.4 Å². The van der Waals surface area contributed by atoms with E-state index in [-0.39, 0.29) is 5.70 Å². The number of amides is 3. The molecular weight excluding hydrogens is 428 g/mol. The number of benzene rings is 1. The lowest BCUT2D eigenvalue weighted by Crippen LogP contribution is -2.22. The highest BCUT2D eigenvalue weighted by atomic mass is 16.5. The molecule has 33 heavy (non-hydrogen) atoms. The molecule has 3 heterocycles. The van der Waals surface area contributed by atoms with Crippen molar-refractivity contribution in [2.75, 3.05) is 24.9 Å². The van der Waals surface area contributed by atoms with E-state index in [1.54, 1.807) is 24.9 Å². The second-order valence-electron chi connectivity index (χ2n) is 7.63. The van der Waals surface area contributed by atoms with Crippen molar-refractivity contribution in [3.05, 3.63) is 41.2 Å². The Hall–Kier alpha value is -4.35. The molecule has 1 aliphatic carbocycles. The molecule has 0 bridgehead atoms. The molecule has 3 aromatic rings. The van der Waals surface area contributed by atoms with Gasteiger partial charge in [0.1, 0.15) is 5.70 Å². The smallest absolute Gasteiger partial charge is 0.326 e. The van der Waals surface area contributed by atoms with Crippen LogP contribution in [-0.4, -0.2) is 51.8 Å². The zero-order valence-corrected chi connectivity index (χ0v) is 18.0. The summed E-state index contributed by atoms with van der Waals surface area (Å²) in [6, 6.07) is 5.41. The Morgan fingerprint density at radius 3 is 2.67 bits per heavy atom. The molecule has 1 aliphatic heterocycles. The molecule has 3 amide bonds. The number of nitrogens with one attached hydrogen (secondary N) is 4. The van der Waals surface area contributed by atoms with Crippen LogP contribution in [0, 0.1) is 0 Å². The number of ether oxygens (including phenoxy) is 2. The average molecular weight is 450 g/mol. The lowest BCUT2D eigenvalue weighted by molar-refractivity contribution is -0.115. The summed E-state index contributed by atoms with van der Waals surface area (Å²) in [6.07, 6.45) is 5.23. The molecule has 2 aromatic heterocycles. The summed E-state index contributed by atoms with van der Waals surface area (Å²) in [4.78, 5) is 32.5.